The molecular weight excluding hydrogens is 853 g/mol. The molecule has 0 aliphatic rings. The highest BCUT2D eigenvalue weighted by molar-refractivity contribution is 5.71. The third kappa shape index (κ3) is 56.7. The lowest BCUT2D eigenvalue weighted by Gasteiger charge is -2.18. The molecule has 1 atom stereocenters. The van der Waals surface area contributed by atoms with Crippen LogP contribution in [-0.2, 0) is 28.6 Å². The maximum atomic E-state index is 12.9. The summed E-state index contributed by atoms with van der Waals surface area (Å²) in [6, 6.07) is 0. The van der Waals surface area contributed by atoms with E-state index in [0.717, 1.165) is 57.8 Å². The van der Waals surface area contributed by atoms with E-state index in [4.69, 9.17) is 14.2 Å². The molecule has 0 heterocycles. The van der Waals surface area contributed by atoms with Crippen molar-refractivity contribution in [2.75, 3.05) is 13.2 Å². The van der Waals surface area contributed by atoms with Crippen LogP contribution < -0.4 is 0 Å². The summed E-state index contributed by atoms with van der Waals surface area (Å²) in [6.07, 6.45) is 68.9. The third-order valence-electron chi connectivity index (χ3n) is 13.9. The first-order valence-electron chi connectivity index (χ1n) is 30.8. The molecule has 0 fully saturated rings. The predicted molar refractivity (Wildman–Crippen MR) is 298 cm³/mol. The second kappa shape index (κ2) is 58.5. The summed E-state index contributed by atoms with van der Waals surface area (Å²) in [5, 5.41) is 0. The van der Waals surface area contributed by atoms with Gasteiger partial charge in [-0.3, -0.25) is 14.4 Å². The van der Waals surface area contributed by atoms with E-state index < -0.39 is 6.10 Å². The fourth-order valence-electron chi connectivity index (χ4n) is 9.26. The summed E-state index contributed by atoms with van der Waals surface area (Å²) < 4.78 is 16.9. The Bertz CT molecular complexity index is 1110. The SMILES string of the molecule is CCCCCC/C=C\CCCCCCCCCC(=O)O[C@H](COC(=O)CCCCCCCCCCCCC/C=C\CCCCCCCC)COC(=O)CCCCCCCCCCCCCCCCC. The molecule has 0 aromatic heterocycles. The van der Waals surface area contributed by atoms with Gasteiger partial charge in [-0.1, -0.05) is 276 Å². The summed E-state index contributed by atoms with van der Waals surface area (Å²) in [7, 11) is 0. The van der Waals surface area contributed by atoms with Crippen molar-refractivity contribution in [1.82, 2.24) is 0 Å². The lowest BCUT2D eigenvalue weighted by Crippen LogP contribution is -2.30. The van der Waals surface area contributed by atoms with Crippen molar-refractivity contribution in [3.05, 3.63) is 24.3 Å². The maximum Gasteiger partial charge on any atom is 0.306 e. The maximum absolute atomic E-state index is 12.9. The summed E-state index contributed by atoms with van der Waals surface area (Å²) >= 11 is 0. The van der Waals surface area contributed by atoms with E-state index in [1.54, 1.807) is 0 Å². The molecule has 0 N–H and O–H groups in total. The highest BCUT2D eigenvalue weighted by atomic mass is 16.6. The van der Waals surface area contributed by atoms with Crippen molar-refractivity contribution in [1.29, 1.82) is 0 Å². The zero-order chi connectivity index (χ0) is 50.0. The second-order valence-electron chi connectivity index (χ2n) is 21.0. The number of unbranched alkanes of at least 4 members (excludes halogenated alkanes) is 42. The van der Waals surface area contributed by atoms with Crippen LogP contribution in [0.4, 0.5) is 0 Å². The summed E-state index contributed by atoms with van der Waals surface area (Å²) in [6.45, 7) is 6.68. The van der Waals surface area contributed by atoms with Gasteiger partial charge in [0.2, 0.25) is 0 Å². The number of allylic oxidation sites excluding steroid dienone is 4. The van der Waals surface area contributed by atoms with Crippen LogP contribution in [0.5, 0.6) is 0 Å². The van der Waals surface area contributed by atoms with Crippen LogP contribution in [0.3, 0.4) is 0 Å². The van der Waals surface area contributed by atoms with Crippen LogP contribution >= 0.6 is 0 Å². The van der Waals surface area contributed by atoms with Crippen molar-refractivity contribution in [3.63, 3.8) is 0 Å². The minimum atomic E-state index is -0.770. The number of esters is 3. The number of ether oxygens (including phenoxy) is 3. The Labute approximate surface area is 430 Å². The molecule has 69 heavy (non-hydrogen) atoms. The smallest absolute Gasteiger partial charge is 0.306 e. The molecule has 406 valence electrons. The quantitative estimate of drug-likeness (QED) is 0.0261. The van der Waals surface area contributed by atoms with Gasteiger partial charge in [0.25, 0.3) is 0 Å². The predicted octanol–water partition coefficient (Wildman–Crippen LogP) is 20.7. The van der Waals surface area contributed by atoms with Gasteiger partial charge in [0, 0.05) is 19.3 Å². The molecule has 0 radical (unpaired) electrons. The van der Waals surface area contributed by atoms with Crippen LogP contribution in [0.25, 0.3) is 0 Å². The molecule has 0 aromatic rings. The first-order chi connectivity index (χ1) is 34.0. The first kappa shape index (κ1) is 66.9. The molecule has 0 bridgehead atoms. The Morgan fingerprint density at radius 3 is 0.739 bits per heavy atom. The molecule has 0 spiro atoms. The van der Waals surface area contributed by atoms with Crippen LogP contribution in [0.1, 0.15) is 342 Å². The van der Waals surface area contributed by atoms with E-state index >= 15 is 0 Å². The highest BCUT2D eigenvalue weighted by Crippen LogP contribution is 2.17. The Morgan fingerprint density at radius 2 is 0.478 bits per heavy atom. The van der Waals surface area contributed by atoms with Crippen LogP contribution in [0.2, 0.25) is 0 Å². The van der Waals surface area contributed by atoms with Gasteiger partial charge in [-0.2, -0.15) is 0 Å². The van der Waals surface area contributed by atoms with Crippen molar-refractivity contribution < 1.29 is 28.6 Å². The van der Waals surface area contributed by atoms with Crippen molar-refractivity contribution in [2.24, 2.45) is 0 Å². The Hall–Kier alpha value is -2.11. The minimum Gasteiger partial charge on any atom is -0.462 e. The van der Waals surface area contributed by atoms with E-state index in [2.05, 4.69) is 45.1 Å². The van der Waals surface area contributed by atoms with Gasteiger partial charge < -0.3 is 14.2 Å². The molecular formula is C63H118O6. The monoisotopic (exact) mass is 971 g/mol. The molecule has 0 aromatic carbocycles. The van der Waals surface area contributed by atoms with Crippen molar-refractivity contribution in [3.8, 4) is 0 Å². The van der Waals surface area contributed by atoms with Crippen molar-refractivity contribution in [2.45, 2.75) is 348 Å². The van der Waals surface area contributed by atoms with Crippen LogP contribution in [-0.4, -0.2) is 37.2 Å². The summed E-state index contributed by atoms with van der Waals surface area (Å²) in [4.78, 5) is 38.2. The van der Waals surface area contributed by atoms with E-state index in [9.17, 15) is 14.4 Å². The van der Waals surface area contributed by atoms with Gasteiger partial charge in [0.15, 0.2) is 6.10 Å². The fraction of sp³-hybridized carbons (Fsp3) is 0.889. The zero-order valence-corrected chi connectivity index (χ0v) is 46.6. The lowest BCUT2D eigenvalue weighted by molar-refractivity contribution is -0.167. The summed E-state index contributed by atoms with van der Waals surface area (Å²) in [5.74, 6) is -0.850. The molecule has 0 aliphatic heterocycles. The zero-order valence-electron chi connectivity index (χ0n) is 46.6. The van der Waals surface area contributed by atoms with Gasteiger partial charge in [0.1, 0.15) is 13.2 Å². The average Bonchev–Trinajstić information content (AvgIpc) is 3.35. The fourth-order valence-corrected chi connectivity index (χ4v) is 9.26. The first-order valence-corrected chi connectivity index (χ1v) is 30.8. The standard InChI is InChI=1S/C63H118O6/c1-4-7-10-13-16-19-22-25-28-29-30-31-32-33-36-38-41-44-47-50-53-56-62(65)68-59-60(69-63(66)57-54-51-48-45-42-39-35-27-24-21-18-15-12-9-6-3)58-67-61(64)55-52-49-46-43-40-37-34-26-23-20-17-14-11-8-5-2/h21,24-25,28,60H,4-20,22-23,26-27,29-59H2,1-3H3/b24-21-,28-25-/t60-/m0/s1. The lowest BCUT2D eigenvalue weighted by atomic mass is 10.0. The third-order valence-corrected chi connectivity index (χ3v) is 13.9. The summed E-state index contributed by atoms with van der Waals surface area (Å²) in [5.41, 5.74) is 0. The van der Waals surface area contributed by atoms with E-state index in [1.807, 2.05) is 0 Å². The number of hydrogen-bond donors (Lipinski definition) is 0. The van der Waals surface area contributed by atoms with Gasteiger partial charge >= 0.3 is 17.9 Å². The van der Waals surface area contributed by atoms with Crippen molar-refractivity contribution >= 4 is 17.9 Å². The van der Waals surface area contributed by atoms with Crippen LogP contribution in [0.15, 0.2) is 24.3 Å². The number of rotatable bonds is 57. The molecule has 6 heteroatoms. The Kier molecular flexibility index (Phi) is 56.7. The number of carbonyl (C=O) groups excluding carboxylic acids is 3. The van der Waals surface area contributed by atoms with E-state index in [-0.39, 0.29) is 31.1 Å². The topological polar surface area (TPSA) is 78.9 Å². The Balaban J connectivity index is 4.29. The molecule has 0 saturated carbocycles. The molecule has 0 amide bonds. The average molecular weight is 972 g/mol. The Morgan fingerprint density at radius 1 is 0.275 bits per heavy atom. The number of hydrogen-bond acceptors (Lipinski definition) is 6. The minimum absolute atomic E-state index is 0.0681. The second-order valence-corrected chi connectivity index (χ2v) is 21.0. The molecule has 0 saturated heterocycles. The number of carbonyl (C=O) groups is 3. The molecule has 0 rings (SSSR count). The van der Waals surface area contributed by atoms with Gasteiger partial charge in [0.05, 0.1) is 0 Å². The van der Waals surface area contributed by atoms with Gasteiger partial charge in [-0.05, 0) is 70.6 Å². The van der Waals surface area contributed by atoms with E-state index in [1.165, 1.54) is 244 Å². The van der Waals surface area contributed by atoms with Gasteiger partial charge in [-0.15, -0.1) is 0 Å². The molecule has 6 nitrogen and oxygen atoms in total. The van der Waals surface area contributed by atoms with Crippen LogP contribution in [0, 0.1) is 0 Å². The highest BCUT2D eigenvalue weighted by Gasteiger charge is 2.19. The molecule has 0 aliphatic carbocycles. The normalized spacial score (nSPS) is 12.1. The van der Waals surface area contributed by atoms with Gasteiger partial charge in [-0.25, -0.2) is 0 Å². The molecule has 0 unspecified atom stereocenters. The van der Waals surface area contributed by atoms with E-state index in [0.29, 0.717) is 19.3 Å². The largest absolute Gasteiger partial charge is 0.462 e.